The summed E-state index contributed by atoms with van der Waals surface area (Å²) in [5.74, 6) is -1.19. The van der Waals surface area contributed by atoms with E-state index in [1.165, 1.54) is 0 Å². The summed E-state index contributed by atoms with van der Waals surface area (Å²) in [5, 5.41) is 2.90. The molecule has 4 rings (SSSR count). The van der Waals surface area contributed by atoms with Gasteiger partial charge in [-0.3, -0.25) is 14.4 Å². The van der Waals surface area contributed by atoms with E-state index in [-0.39, 0.29) is 23.8 Å². The van der Waals surface area contributed by atoms with Gasteiger partial charge in [-0.05, 0) is 91.4 Å². The molecule has 6 nitrogen and oxygen atoms in total. The Labute approximate surface area is 197 Å². The van der Waals surface area contributed by atoms with E-state index in [1.54, 1.807) is 17.0 Å². The molecule has 1 N–H and O–H groups in total. The van der Waals surface area contributed by atoms with Crippen molar-refractivity contribution < 1.29 is 14.4 Å². The lowest BCUT2D eigenvalue weighted by molar-refractivity contribution is -0.129. The van der Waals surface area contributed by atoms with Gasteiger partial charge in [0.05, 0.1) is 5.69 Å². The molecule has 0 radical (unpaired) electrons. The van der Waals surface area contributed by atoms with Crippen LogP contribution in [0.5, 0.6) is 0 Å². The molecule has 2 fully saturated rings. The first-order valence-electron chi connectivity index (χ1n) is 11.1. The minimum atomic E-state index is -0.725. The fraction of sp³-hybridized carbons (Fsp3) is 0.400. The number of likely N-dealkylation sites (tertiary alicyclic amines) is 1. The number of halogens is 1. The molecule has 2 unspecified atom stereocenters. The molecule has 2 aromatic carbocycles. The van der Waals surface area contributed by atoms with Crippen molar-refractivity contribution in [3.63, 3.8) is 0 Å². The summed E-state index contributed by atoms with van der Waals surface area (Å²) in [7, 11) is 0. The molecule has 0 aliphatic carbocycles. The lowest BCUT2D eigenvalue weighted by Crippen LogP contribution is -2.42. The van der Waals surface area contributed by atoms with Crippen molar-refractivity contribution in [3.8, 4) is 0 Å². The van der Waals surface area contributed by atoms with E-state index >= 15 is 0 Å². The van der Waals surface area contributed by atoms with Crippen LogP contribution in [0.3, 0.4) is 0 Å². The highest BCUT2D eigenvalue weighted by Gasteiger charge is 2.38. The van der Waals surface area contributed by atoms with E-state index in [0.29, 0.717) is 24.2 Å². The average Bonchev–Trinajstić information content (AvgIpc) is 3.16. The summed E-state index contributed by atoms with van der Waals surface area (Å²) in [6.45, 7) is 5.25. The lowest BCUT2D eigenvalue weighted by Gasteiger charge is -2.33. The van der Waals surface area contributed by atoms with Gasteiger partial charge < -0.3 is 15.1 Å². The van der Waals surface area contributed by atoms with Gasteiger partial charge >= 0.3 is 0 Å². The van der Waals surface area contributed by atoms with Crippen LogP contribution in [0.15, 0.2) is 46.9 Å². The highest BCUT2D eigenvalue weighted by atomic mass is 79.9. The topological polar surface area (TPSA) is 69.7 Å². The Hall–Kier alpha value is -2.67. The number of piperidine rings is 1. The second-order valence-corrected chi connectivity index (χ2v) is 9.50. The zero-order valence-corrected chi connectivity index (χ0v) is 20.0. The van der Waals surface area contributed by atoms with E-state index in [0.717, 1.165) is 41.5 Å². The molecule has 168 valence electrons. The molecule has 2 aromatic rings. The van der Waals surface area contributed by atoms with E-state index in [4.69, 9.17) is 0 Å². The molecule has 2 heterocycles. The third-order valence-electron chi connectivity index (χ3n) is 6.46. The zero-order valence-electron chi connectivity index (χ0n) is 18.4. The monoisotopic (exact) mass is 497 g/mol. The van der Waals surface area contributed by atoms with Crippen LogP contribution in [0, 0.1) is 12.8 Å². The van der Waals surface area contributed by atoms with Gasteiger partial charge in [0.25, 0.3) is 5.91 Å². The number of aryl methyl sites for hydroxylation is 1. The average molecular weight is 498 g/mol. The molecule has 2 atom stereocenters. The Morgan fingerprint density at radius 2 is 1.84 bits per heavy atom. The Balaban J connectivity index is 1.44. The minimum Gasteiger partial charge on any atom is -0.336 e. The van der Waals surface area contributed by atoms with Gasteiger partial charge in [-0.1, -0.05) is 12.1 Å². The fourth-order valence-electron chi connectivity index (χ4n) is 4.56. The number of benzene rings is 2. The van der Waals surface area contributed by atoms with Crippen LogP contribution in [-0.4, -0.2) is 41.8 Å². The summed E-state index contributed by atoms with van der Waals surface area (Å²) in [5.41, 5.74) is 2.84. The zero-order chi connectivity index (χ0) is 22.8. The predicted molar refractivity (Wildman–Crippen MR) is 129 cm³/mol. The molecule has 32 heavy (non-hydrogen) atoms. The minimum absolute atomic E-state index is 0.0354. The quantitative estimate of drug-likeness (QED) is 0.618. The molecule has 3 amide bonds. The second-order valence-electron chi connectivity index (χ2n) is 8.64. The highest BCUT2D eigenvalue weighted by molar-refractivity contribution is 9.10. The number of carbonyl (C=O) groups is 3. The Morgan fingerprint density at radius 1 is 1.06 bits per heavy atom. The van der Waals surface area contributed by atoms with Gasteiger partial charge in [0.2, 0.25) is 11.8 Å². The Kier molecular flexibility index (Phi) is 6.65. The fourth-order valence-corrected chi connectivity index (χ4v) is 5.05. The molecule has 2 aliphatic heterocycles. The van der Waals surface area contributed by atoms with Crippen molar-refractivity contribution in [2.24, 2.45) is 5.92 Å². The first kappa shape index (κ1) is 22.5. The standard InChI is InChI=1S/C25H28BrN3O3/c1-16-15-18(24(31)28-13-6-5-7-17(28)2)10-11-21(16)27-23(30)19-12-14-29(25(19)32)22-9-4-3-8-20(22)26/h3-4,8-11,15,17,19H,5-7,12-14H2,1-2H3,(H,27,30). The number of nitrogens with zero attached hydrogens (tertiary/aromatic N) is 2. The summed E-state index contributed by atoms with van der Waals surface area (Å²) in [6.07, 6.45) is 3.70. The normalized spacial score (nSPS) is 21.0. The summed E-state index contributed by atoms with van der Waals surface area (Å²) in [4.78, 5) is 42.3. The number of carbonyl (C=O) groups excluding carboxylic acids is 3. The maximum atomic E-state index is 12.9. The van der Waals surface area contributed by atoms with Crippen LogP contribution in [-0.2, 0) is 9.59 Å². The Bertz CT molecular complexity index is 1050. The van der Waals surface area contributed by atoms with Crippen molar-refractivity contribution in [2.45, 2.75) is 45.6 Å². The predicted octanol–water partition coefficient (Wildman–Crippen LogP) is 4.76. The summed E-state index contributed by atoms with van der Waals surface area (Å²) in [6, 6.07) is 13.1. The number of amides is 3. The van der Waals surface area contributed by atoms with Crippen LogP contribution in [0.1, 0.15) is 48.5 Å². The van der Waals surface area contributed by atoms with Crippen LogP contribution in [0.4, 0.5) is 11.4 Å². The molecule has 0 bridgehead atoms. The number of anilines is 2. The molecule has 0 spiro atoms. The molecule has 2 saturated heterocycles. The van der Waals surface area contributed by atoms with E-state index < -0.39 is 5.92 Å². The van der Waals surface area contributed by atoms with Gasteiger partial charge in [-0.25, -0.2) is 0 Å². The van der Waals surface area contributed by atoms with Gasteiger partial charge in [0.1, 0.15) is 5.92 Å². The highest BCUT2D eigenvalue weighted by Crippen LogP contribution is 2.32. The molecular weight excluding hydrogens is 470 g/mol. The van der Waals surface area contributed by atoms with Crippen LogP contribution in [0.2, 0.25) is 0 Å². The maximum absolute atomic E-state index is 12.9. The van der Waals surface area contributed by atoms with Crippen molar-refractivity contribution >= 4 is 45.0 Å². The van der Waals surface area contributed by atoms with Gasteiger partial charge in [-0.2, -0.15) is 0 Å². The smallest absolute Gasteiger partial charge is 0.254 e. The number of nitrogens with one attached hydrogen (secondary N) is 1. The number of hydrogen-bond donors (Lipinski definition) is 1. The van der Waals surface area contributed by atoms with Crippen LogP contribution >= 0.6 is 15.9 Å². The third-order valence-corrected chi connectivity index (χ3v) is 7.13. The molecule has 7 heteroatoms. The third kappa shape index (κ3) is 4.44. The van der Waals surface area contributed by atoms with Crippen LogP contribution < -0.4 is 10.2 Å². The van der Waals surface area contributed by atoms with Crippen molar-refractivity contribution in [1.29, 1.82) is 0 Å². The number of hydrogen-bond acceptors (Lipinski definition) is 3. The SMILES string of the molecule is Cc1cc(C(=O)N2CCCCC2C)ccc1NC(=O)C1CCN(c2ccccc2Br)C1=O. The number of para-hydroxylation sites is 1. The largest absolute Gasteiger partial charge is 0.336 e. The Morgan fingerprint density at radius 3 is 2.56 bits per heavy atom. The van der Waals surface area contributed by atoms with Crippen molar-refractivity contribution in [2.75, 3.05) is 23.3 Å². The van der Waals surface area contributed by atoms with Gasteiger partial charge in [0.15, 0.2) is 0 Å². The summed E-state index contributed by atoms with van der Waals surface area (Å²) < 4.78 is 0.827. The molecule has 0 saturated carbocycles. The van der Waals surface area contributed by atoms with Gasteiger partial charge in [0, 0.05) is 34.9 Å². The van der Waals surface area contributed by atoms with Crippen molar-refractivity contribution in [1.82, 2.24) is 4.90 Å². The first-order valence-corrected chi connectivity index (χ1v) is 11.9. The molecular formula is C25H28BrN3O3. The van der Waals surface area contributed by atoms with E-state index in [1.807, 2.05) is 42.2 Å². The first-order chi connectivity index (χ1) is 15.4. The second kappa shape index (κ2) is 9.45. The maximum Gasteiger partial charge on any atom is 0.254 e. The lowest BCUT2D eigenvalue weighted by atomic mass is 10.0. The number of rotatable bonds is 4. The van der Waals surface area contributed by atoms with Crippen molar-refractivity contribution in [3.05, 3.63) is 58.1 Å². The molecule has 0 aromatic heterocycles. The van der Waals surface area contributed by atoms with Crippen LogP contribution in [0.25, 0.3) is 0 Å². The summed E-state index contributed by atoms with van der Waals surface area (Å²) >= 11 is 3.48. The molecule has 2 aliphatic rings. The van der Waals surface area contributed by atoms with E-state index in [2.05, 4.69) is 28.2 Å². The van der Waals surface area contributed by atoms with Gasteiger partial charge in [-0.15, -0.1) is 0 Å². The van der Waals surface area contributed by atoms with E-state index in [9.17, 15) is 14.4 Å².